The van der Waals surface area contributed by atoms with Gasteiger partial charge in [-0.05, 0) is 13.8 Å². The molecule has 4 nitrogen and oxygen atoms in total. The molecule has 0 fully saturated rings. The van der Waals surface area contributed by atoms with Crippen LogP contribution in [0.15, 0.2) is 11.6 Å². The molecule has 5 heteroatoms. The topological polar surface area (TPSA) is 50.9 Å². The number of aryl methyl sites for hydroxylation is 3. The van der Waals surface area contributed by atoms with E-state index in [1.54, 1.807) is 16.0 Å². The maximum Gasteiger partial charge on any atom is 0.0957 e. The van der Waals surface area contributed by atoms with Gasteiger partial charge in [-0.3, -0.25) is 4.68 Å². The van der Waals surface area contributed by atoms with Crippen LogP contribution in [0.25, 0.3) is 0 Å². The lowest BCUT2D eigenvalue weighted by atomic mass is 10.1. The van der Waals surface area contributed by atoms with E-state index in [4.69, 9.17) is 0 Å². The first-order valence-corrected chi connectivity index (χ1v) is 6.03. The van der Waals surface area contributed by atoms with Crippen molar-refractivity contribution in [1.82, 2.24) is 14.8 Å². The van der Waals surface area contributed by atoms with Crippen LogP contribution in [-0.2, 0) is 13.5 Å². The highest BCUT2D eigenvalue weighted by atomic mass is 32.1. The van der Waals surface area contributed by atoms with Gasteiger partial charge in [0.2, 0.25) is 0 Å². The van der Waals surface area contributed by atoms with E-state index in [9.17, 15) is 5.11 Å². The van der Waals surface area contributed by atoms with Crippen molar-refractivity contribution in [3.8, 4) is 0 Å². The minimum Gasteiger partial charge on any atom is -0.388 e. The van der Waals surface area contributed by atoms with E-state index in [0.717, 1.165) is 22.0 Å². The van der Waals surface area contributed by atoms with E-state index in [1.165, 1.54) is 0 Å². The van der Waals surface area contributed by atoms with Crippen molar-refractivity contribution in [1.29, 1.82) is 0 Å². The molecular weight excluding hydrogens is 222 g/mol. The number of thiazole rings is 1. The van der Waals surface area contributed by atoms with Gasteiger partial charge in [0, 0.05) is 36.3 Å². The Morgan fingerprint density at radius 3 is 2.75 bits per heavy atom. The van der Waals surface area contributed by atoms with E-state index in [0.29, 0.717) is 6.42 Å². The van der Waals surface area contributed by atoms with Crippen LogP contribution in [-0.4, -0.2) is 19.9 Å². The van der Waals surface area contributed by atoms with Crippen molar-refractivity contribution in [2.45, 2.75) is 26.4 Å². The molecule has 0 aliphatic rings. The molecule has 0 saturated heterocycles. The van der Waals surface area contributed by atoms with Crippen molar-refractivity contribution < 1.29 is 5.11 Å². The molecule has 2 aromatic heterocycles. The van der Waals surface area contributed by atoms with Crippen molar-refractivity contribution >= 4 is 11.3 Å². The predicted octanol–water partition coefficient (Wildman–Crippen LogP) is 1.77. The lowest BCUT2D eigenvalue weighted by molar-refractivity contribution is 0.177. The molecule has 0 amide bonds. The third kappa shape index (κ3) is 2.31. The second-order valence-electron chi connectivity index (χ2n) is 3.95. The van der Waals surface area contributed by atoms with E-state index < -0.39 is 6.10 Å². The first kappa shape index (κ1) is 11.3. The lowest BCUT2D eigenvalue weighted by Crippen LogP contribution is -2.02. The van der Waals surface area contributed by atoms with Crippen LogP contribution in [0.2, 0.25) is 0 Å². The Balaban J connectivity index is 2.14. The van der Waals surface area contributed by atoms with Gasteiger partial charge >= 0.3 is 0 Å². The van der Waals surface area contributed by atoms with Crippen LogP contribution in [0.1, 0.15) is 28.1 Å². The van der Waals surface area contributed by atoms with Gasteiger partial charge in [0.15, 0.2) is 0 Å². The van der Waals surface area contributed by atoms with E-state index in [2.05, 4.69) is 10.1 Å². The zero-order valence-electron chi connectivity index (χ0n) is 9.64. The van der Waals surface area contributed by atoms with Crippen molar-refractivity contribution in [2.24, 2.45) is 7.05 Å². The molecule has 2 rings (SSSR count). The van der Waals surface area contributed by atoms with Gasteiger partial charge in [0.05, 0.1) is 16.8 Å². The van der Waals surface area contributed by atoms with E-state index in [-0.39, 0.29) is 0 Å². The quantitative estimate of drug-likeness (QED) is 0.885. The Morgan fingerprint density at radius 2 is 2.25 bits per heavy atom. The molecule has 0 radical (unpaired) electrons. The molecule has 0 aliphatic heterocycles. The number of rotatable bonds is 3. The van der Waals surface area contributed by atoms with Crippen LogP contribution in [0.4, 0.5) is 0 Å². The Bertz CT molecular complexity index is 489. The molecule has 0 aliphatic carbocycles. The summed E-state index contributed by atoms with van der Waals surface area (Å²) < 4.78 is 1.72. The molecule has 1 N–H and O–H groups in total. The van der Waals surface area contributed by atoms with Gasteiger partial charge < -0.3 is 5.11 Å². The van der Waals surface area contributed by atoms with Crippen molar-refractivity contribution in [3.63, 3.8) is 0 Å². The van der Waals surface area contributed by atoms with Crippen molar-refractivity contribution in [3.05, 3.63) is 33.5 Å². The maximum atomic E-state index is 10.1. The third-order valence-corrected chi connectivity index (χ3v) is 3.43. The largest absolute Gasteiger partial charge is 0.388 e. The Hall–Kier alpha value is -1.20. The van der Waals surface area contributed by atoms with Gasteiger partial charge in [0.1, 0.15) is 0 Å². The molecule has 0 saturated carbocycles. The summed E-state index contributed by atoms with van der Waals surface area (Å²) in [6.07, 6.45) is 1.91. The summed E-state index contributed by atoms with van der Waals surface area (Å²) in [7, 11) is 1.86. The molecule has 1 atom stereocenters. The average molecular weight is 237 g/mol. The Morgan fingerprint density at radius 1 is 1.50 bits per heavy atom. The van der Waals surface area contributed by atoms with Crippen LogP contribution in [0.5, 0.6) is 0 Å². The van der Waals surface area contributed by atoms with Crippen molar-refractivity contribution in [2.75, 3.05) is 0 Å². The van der Waals surface area contributed by atoms with Gasteiger partial charge in [-0.15, -0.1) is 11.3 Å². The zero-order chi connectivity index (χ0) is 11.7. The molecule has 0 spiro atoms. The predicted molar refractivity (Wildman–Crippen MR) is 63.5 cm³/mol. The monoisotopic (exact) mass is 237 g/mol. The van der Waals surface area contributed by atoms with Gasteiger partial charge in [-0.1, -0.05) is 0 Å². The molecule has 0 aromatic carbocycles. The smallest absolute Gasteiger partial charge is 0.0957 e. The molecule has 2 heterocycles. The summed E-state index contributed by atoms with van der Waals surface area (Å²) in [6.45, 7) is 3.87. The summed E-state index contributed by atoms with van der Waals surface area (Å²) in [5, 5.41) is 17.3. The highest BCUT2D eigenvalue weighted by molar-refractivity contribution is 7.09. The molecule has 86 valence electrons. The summed E-state index contributed by atoms with van der Waals surface area (Å²) in [6, 6.07) is 0. The molecule has 0 bridgehead atoms. The summed E-state index contributed by atoms with van der Waals surface area (Å²) in [5.74, 6) is 0. The lowest BCUT2D eigenvalue weighted by Gasteiger charge is -2.06. The normalized spacial score (nSPS) is 13.0. The summed E-state index contributed by atoms with van der Waals surface area (Å²) in [5.41, 5.74) is 2.77. The number of aliphatic hydroxyl groups is 1. The summed E-state index contributed by atoms with van der Waals surface area (Å²) >= 11 is 1.59. The first-order valence-electron chi connectivity index (χ1n) is 5.15. The summed E-state index contributed by atoms with van der Waals surface area (Å²) in [4.78, 5) is 4.34. The van der Waals surface area contributed by atoms with Gasteiger partial charge in [-0.2, -0.15) is 5.10 Å². The fraction of sp³-hybridized carbons (Fsp3) is 0.455. The van der Waals surface area contributed by atoms with Crippen LogP contribution < -0.4 is 0 Å². The molecule has 2 aromatic rings. The fourth-order valence-electron chi connectivity index (χ4n) is 1.72. The Labute approximate surface area is 98.6 Å². The Kier molecular flexibility index (Phi) is 3.07. The SMILES string of the molecule is Cc1csc(CC(O)c2cn(C)nc2C)n1. The highest BCUT2D eigenvalue weighted by Gasteiger charge is 2.15. The minimum atomic E-state index is -0.515. The maximum absolute atomic E-state index is 10.1. The second-order valence-corrected chi connectivity index (χ2v) is 4.89. The van der Waals surface area contributed by atoms with Gasteiger partial charge in [0.25, 0.3) is 0 Å². The number of hydrogen-bond donors (Lipinski definition) is 1. The molecule has 16 heavy (non-hydrogen) atoms. The average Bonchev–Trinajstić information content (AvgIpc) is 2.73. The molecular formula is C11H15N3OS. The standard InChI is InChI=1S/C11H15N3OS/c1-7-6-16-11(12-7)4-10(15)9-5-14(3)13-8(9)2/h5-6,10,15H,4H2,1-3H3. The minimum absolute atomic E-state index is 0.515. The van der Waals surface area contributed by atoms with Crippen LogP contribution in [0.3, 0.4) is 0 Å². The highest BCUT2D eigenvalue weighted by Crippen LogP contribution is 2.22. The third-order valence-electron chi connectivity index (χ3n) is 2.44. The molecule has 1 unspecified atom stereocenters. The fourth-order valence-corrected chi connectivity index (χ4v) is 2.53. The van der Waals surface area contributed by atoms with E-state index in [1.807, 2.05) is 32.5 Å². The number of hydrogen-bond acceptors (Lipinski definition) is 4. The van der Waals surface area contributed by atoms with Crippen LogP contribution in [0, 0.1) is 13.8 Å². The first-order chi connectivity index (χ1) is 7.56. The number of aliphatic hydroxyl groups excluding tert-OH is 1. The van der Waals surface area contributed by atoms with E-state index >= 15 is 0 Å². The van der Waals surface area contributed by atoms with Gasteiger partial charge in [-0.25, -0.2) is 4.98 Å². The second kappa shape index (κ2) is 4.35. The number of aromatic nitrogens is 3. The van der Waals surface area contributed by atoms with Crippen LogP contribution >= 0.6 is 11.3 Å². The zero-order valence-corrected chi connectivity index (χ0v) is 10.5. The number of nitrogens with zero attached hydrogens (tertiary/aromatic N) is 3.